The lowest BCUT2D eigenvalue weighted by molar-refractivity contribution is 0.445. The van der Waals surface area contributed by atoms with Crippen molar-refractivity contribution in [3.63, 3.8) is 0 Å². The van der Waals surface area contributed by atoms with Crippen molar-refractivity contribution < 1.29 is 0 Å². The van der Waals surface area contributed by atoms with E-state index in [1.807, 2.05) is 0 Å². The summed E-state index contributed by atoms with van der Waals surface area (Å²) in [5, 5.41) is 6.99. The minimum atomic E-state index is 0.733. The van der Waals surface area contributed by atoms with Crippen molar-refractivity contribution >= 4 is 11.3 Å². The second-order valence-electron chi connectivity index (χ2n) is 4.40. The third-order valence-corrected chi connectivity index (χ3v) is 3.86. The number of aryl methyl sites for hydroxylation is 2. The minimum absolute atomic E-state index is 0.733. The summed E-state index contributed by atoms with van der Waals surface area (Å²) in [7, 11) is 0. The van der Waals surface area contributed by atoms with Gasteiger partial charge in [-0.15, -0.1) is 11.3 Å². The molecule has 2 rings (SSSR count). The van der Waals surface area contributed by atoms with E-state index in [1.54, 1.807) is 11.3 Å². The van der Waals surface area contributed by atoms with Gasteiger partial charge >= 0.3 is 0 Å². The summed E-state index contributed by atoms with van der Waals surface area (Å²) in [6.45, 7) is 5.37. The monoisotopic (exact) mass is 224 g/mol. The third kappa shape index (κ3) is 3.28. The van der Waals surface area contributed by atoms with Crippen LogP contribution in [0.4, 0.5) is 0 Å². The Morgan fingerprint density at radius 1 is 1.60 bits per heavy atom. The summed E-state index contributed by atoms with van der Waals surface area (Å²) in [5.74, 6) is 0.949. The Bertz CT molecular complexity index is 304. The quantitative estimate of drug-likeness (QED) is 0.803. The van der Waals surface area contributed by atoms with Crippen LogP contribution < -0.4 is 5.32 Å². The Kier molecular flexibility index (Phi) is 3.76. The smallest absolute Gasteiger partial charge is 0.0897 e. The molecule has 0 saturated heterocycles. The van der Waals surface area contributed by atoms with Gasteiger partial charge in [0.05, 0.1) is 10.7 Å². The Hall–Kier alpha value is -0.410. The lowest BCUT2D eigenvalue weighted by Gasteiger charge is -2.16. The first-order valence-corrected chi connectivity index (χ1v) is 6.82. The van der Waals surface area contributed by atoms with E-state index in [2.05, 4.69) is 29.5 Å². The van der Waals surface area contributed by atoms with Crippen LogP contribution in [0.25, 0.3) is 0 Å². The van der Waals surface area contributed by atoms with Crippen molar-refractivity contribution in [3.8, 4) is 0 Å². The highest BCUT2D eigenvalue weighted by Crippen LogP contribution is 2.34. The first-order valence-electron chi connectivity index (χ1n) is 5.94. The highest BCUT2D eigenvalue weighted by molar-refractivity contribution is 7.09. The SMILES string of the molecule is CCNC(CCc1csc(C)n1)C1CC1. The number of thiazole rings is 1. The first-order chi connectivity index (χ1) is 7.29. The average Bonchev–Trinajstić information content (AvgIpc) is 2.97. The zero-order valence-corrected chi connectivity index (χ0v) is 10.4. The summed E-state index contributed by atoms with van der Waals surface area (Å²) in [5.41, 5.74) is 1.28. The van der Waals surface area contributed by atoms with Crippen LogP contribution in [0.15, 0.2) is 5.38 Å². The van der Waals surface area contributed by atoms with E-state index in [4.69, 9.17) is 0 Å². The maximum atomic E-state index is 4.51. The molecule has 1 aliphatic rings. The van der Waals surface area contributed by atoms with E-state index >= 15 is 0 Å². The van der Waals surface area contributed by atoms with E-state index < -0.39 is 0 Å². The summed E-state index contributed by atoms with van der Waals surface area (Å²) in [6, 6.07) is 0.733. The molecule has 1 fully saturated rings. The number of hydrogen-bond donors (Lipinski definition) is 1. The fourth-order valence-electron chi connectivity index (χ4n) is 2.09. The number of nitrogens with one attached hydrogen (secondary N) is 1. The molecule has 3 heteroatoms. The van der Waals surface area contributed by atoms with Gasteiger partial charge in [0, 0.05) is 11.4 Å². The molecule has 1 atom stereocenters. The largest absolute Gasteiger partial charge is 0.314 e. The molecule has 1 aromatic heterocycles. The van der Waals surface area contributed by atoms with Crippen LogP contribution in [0, 0.1) is 12.8 Å². The molecule has 0 bridgehead atoms. The van der Waals surface area contributed by atoms with Crippen molar-refractivity contribution in [2.45, 2.75) is 45.6 Å². The van der Waals surface area contributed by atoms with Crippen molar-refractivity contribution in [1.29, 1.82) is 0 Å². The second kappa shape index (κ2) is 5.08. The molecule has 84 valence electrons. The predicted octanol–water partition coefficient (Wildman–Crippen LogP) is 2.77. The van der Waals surface area contributed by atoms with Crippen LogP contribution in [0.1, 0.15) is 36.9 Å². The van der Waals surface area contributed by atoms with E-state index in [0.29, 0.717) is 0 Å². The number of nitrogens with zero attached hydrogens (tertiary/aromatic N) is 1. The van der Waals surface area contributed by atoms with Gasteiger partial charge in [0.1, 0.15) is 0 Å². The molecule has 0 radical (unpaired) electrons. The zero-order valence-electron chi connectivity index (χ0n) is 9.62. The lowest BCUT2D eigenvalue weighted by Crippen LogP contribution is -2.31. The maximum Gasteiger partial charge on any atom is 0.0897 e. The molecule has 1 N–H and O–H groups in total. The Morgan fingerprint density at radius 3 is 2.93 bits per heavy atom. The highest BCUT2D eigenvalue weighted by atomic mass is 32.1. The summed E-state index contributed by atoms with van der Waals surface area (Å²) >= 11 is 1.76. The van der Waals surface area contributed by atoms with Crippen molar-refractivity contribution in [2.75, 3.05) is 6.54 Å². The third-order valence-electron chi connectivity index (χ3n) is 3.04. The molecule has 0 aliphatic heterocycles. The maximum absolute atomic E-state index is 4.51. The molecule has 15 heavy (non-hydrogen) atoms. The van der Waals surface area contributed by atoms with Gasteiger partial charge in [0.2, 0.25) is 0 Å². The van der Waals surface area contributed by atoms with Crippen LogP contribution >= 0.6 is 11.3 Å². The van der Waals surface area contributed by atoms with Crippen LogP contribution in [0.5, 0.6) is 0 Å². The first kappa shape index (κ1) is 11.1. The number of rotatable bonds is 6. The van der Waals surface area contributed by atoms with Crippen LogP contribution in [-0.2, 0) is 6.42 Å². The van der Waals surface area contributed by atoms with Gasteiger partial charge in [-0.1, -0.05) is 6.92 Å². The normalized spacial score (nSPS) is 18.0. The molecule has 1 saturated carbocycles. The van der Waals surface area contributed by atoms with E-state index in [1.165, 1.54) is 30.0 Å². The Balaban J connectivity index is 1.79. The lowest BCUT2D eigenvalue weighted by atomic mass is 10.1. The molecule has 1 aliphatic carbocycles. The van der Waals surface area contributed by atoms with Crippen LogP contribution in [0.2, 0.25) is 0 Å². The fourth-order valence-corrected chi connectivity index (χ4v) is 2.74. The Morgan fingerprint density at radius 2 is 2.40 bits per heavy atom. The standard InChI is InChI=1S/C12H20N2S/c1-3-13-12(10-4-5-10)7-6-11-8-15-9(2)14-11/h8,10,12-13H,3-7H2,1-2H3. The van der Waals surface area contributed by atoms with Gasteiger partial charge in [-0.2, -0.15) is 0 Å². The van der Waals surface area contributed by atoms with E-state index in [-0.39, 0.29) is 0 Å². The molecule has 1 unspecified atom stereocenters. The molecule has 0 aromatic carbocycles. The van der Waals surface area contributed by atoms with Crippen molar-refractivity contribution in [1.82, 2.24) is 10.3 Å². The average molecular weight is 224 g/mol. The van der Waals surface area contributed by atoms with Gasteiger partial charge in [0.15, 0.2) is 0 Å². The molecular formula is C12H20N2S. The van der Waals surface area contributed by atoms with Gasteiger partial charge in [-0.05, 0) is 45.1 Å². The van der Waals surface area contributed by atoms with E-state index in [9.17, 15) is 0 Å². The molecule has 1 aromatic rings. The van der Waals surface area contributed by atoms with Gasteiger partial charge in [-0.25, -0.2) is 4.98 Å². The zero-order chi connectivity index (χ0) is 10.7. The Labute approximate surface area is 96.1 Å². The van der Waals surface area contributed by atoms with Crippen LogP contribution in [0.3, 0.4) is 0 Å². The van der Waals surface area contributed by atoms with Crippen molar-refractivity contribution in [3.05, 3.63) is 16.1 Å². The summed E-state index contributed by atoms with van der Waals surface area (Å²) in [4.78, 5) is 4.51. The highest BCUT2D eigenvalue weighted by Gasteiger charge is 2.30. The fraction of sp³-hybridized carbons (Fsp3) is 0.750. The molecular weight excluding hydrogens is 204 g/mol. The topological polar surface area (TPSA) is 24.9 Å². The van der Waals surface area contributed by atoms with Crippen molar-refractivity contribution in [2.24, 2.45) is 5.92 Å². The molecule has 2 nitrogen and oxygen atoms in total. The number of aromatic nitrogens is 1. The predicted molar refractivity (Wildman–Crippen MR) is 65.4 cm³/mol. The van der Waals surface area contributed by atoms with Gasteiger partial charge in [-0.3, -0.25) is 0 Å². The van der Waals surface area contributed by atoms with Gasteiger partial charge < -0.3 is 5.32 Å². The molecule has 0 amide bonds. The summed E-state index contributed by atoms with van der Waals surface area (Å²) < 4.78 is 0. The van der Waals surface area contributed by atoms with Gasteiger partial charge in [0.25, 0.3) is 0 Å². The molecule has 0 spiro atoms. The molecule has 1 heterocycles. The number of hydrogen-bond acceptors (Lipinski definition) is 3. The minimum Gasteiger partial charge on any atom is -0.314 e. The summed E-state index contributed by atoms with van der Waals surface area (Å²) in [6.07, 6.45) is 5.24. The second-order valence-corrected chi connectivity index (χ2v) is 5.46. The van der Waals surface area contributed by atoms with E-state index in [0.717, 1.165) is 24.9 Å². The van der Waals surface area contributed by atoms with Crippen LogP contribution in [-0.4, -0.2) is 17.6 Å².